The van der Waals surface area contributed by atoms with E-state index in [-0.39, 0.29) is 48.1 Å². The SMILES string of the molecule is CN1CCN(C[C@H]2CN(S(=O)(=O)c3ccc(F)c(Cl)c3)c3cc(CC(=O)OC(C)(C)C(F)(F)F)ccc3O2)S1(=O)=O. The highest BCUT2D eigenvalue weighted by Crippen LogP contribution is 2.39. The number of benzene rings is 2. The van der Waals surface area contributed by atoms with E-state index >= 15 is 0 Å². The van der Waals surface area contributed by atoms with Gasteiger partial charge in [-0.2, -0.15) is 30.2 Å². The molecule has 0 N–H and O–H groups in total. The first-order valence-electron chi connectivity index (χ1n) is 12.1. The van der Waals surface area contributed by atoms with Crippen LogP contribution in [0.25, 0.3) is 0 Å². The van der Waals surface area contributed by atoms with Crippen LogP contribution >= 0.6 is 11.6 Å². The number of fused-ring (bicyclic) bond motifs is 1. The molecule has 0 aliphatic carbocycles. The molecular weight excluding hydrogens is 618 g/mol. The van der Waals surface area contributed by atoms with E-state index in [1.165, 1.54) is 25.2 Å². The summed E-state index contributed by atoms with van der Waals surface area (Å²) in [6.45, 7) is 1.21. The van der Waals surface area contributed by atoms with Crippen molar-refractivity contribution in [3.63, 3.8) is 0 Å². The van der Waals surface area contributed by atoms with Crippen LogP contribution in [0.1, 0.15) is 19.4 Å². The summed E-state index contributed by atoms with van der Waals surface area (Å²) in [5.41, 5.74) is -2.70. The molecule has 17 heteroatoms. The first kappa shape index (κ1) is 31.3. The Kier molecular flexibility index (Phi) is 8.30. The van der Waals surface area contributed by atoms with Gasteiger partial charge in [0.05, 0.1) is 35.1 Å². The number of likely N-dealkylation sites (N-methyl/N-ethyl adjacent to an activating group) is 1. The number of halogens is 5. The van der Waals surface area contributed by atoms with E-state index in [0.717, 1.165) is 31.1 Å². The number of hydrogen-bond acceptors (Lipinski definition) is 7. The largest absolute Gasteiger partial charge is 0.485 e. The van der Waals surface area contributed by atoms with Crippen LogP contribution in [-0.2, 0) is 36.2 Å². The summed E-state index contributed by atoms with van der Waals surface area (Å²) in [5, 5.41) is -0.453. The van der Waals surface area contributed by atoms with E-state index in [1.54, 1.807) is 0 Å². The minimum Gasteiger partial charge on any atom is -0.485 e. The molecule has 0 saturated carbocycles. The van der Waals surface area contributed by atoms with Crippen LogP contribution in [0, 0.1) is 5.82 Å². The molecule has 0 unspecified atom stereocenters. The molecule has 0 aromatic heterocycles. The zero-order valence-electron chi connectivity index (χ0n) is 22.0. The van der Waals surface area contributed by atoms with Crippen molar-refractivity contribution in [1.82, 2.24) is 8.61 Å². The Morgan fingerprint density at radius 3 is 2.41 bits per heavy atom. The van der Waals surface area contributed by atoms with E-state index in [1.807, 2.05) is 0 Å². The van der Waals surface area contributed by atoms with Crippen molar-refractivity contribution in [2.24, 2.45) is 0 Å². The first-order chi connectivity index (χ1) is 18.8. The number of ether oxygens (including phenoxy) is 2. The third-order valence-corrected chi connectivity index (χ3v) is 10.6. The molecule has 2 aromatic carbocycles. The van der Waals surface area contributed by atoms with E-state index in [0.29, 0.717) is 13.8 Å². The Morgan fingerprint density at radius 2 is 1.83 bits per heavy atom. The van der Waals surface area contributed by atoms with Gasteiger partial charge in [-0.3, -0.25) is 9.10 Å². The maximum absolute atomic E-state index is 13.8. The monoisotopic (exact) mass is 643 g/mol. The van der Waals surface area contributed by atoms with Gasteiger partial charge in [0.2, 0.25) is 5.60 Å². The maximum Gasteiger partial charge on any atom is 0.427 e. The summed E-state index contributed by atoms with van der Waals surface area (Å²) < 4.78 is 120. The molecule has 1 saturated heterocycles. The predicted octanol–water partition coefficient (Wildman–Crippen LogP) is 3.35. The second-order valence-corrected chi connectivity index (χ2v) is 14.3. The van der Waals surface area contributed by atoms with Gasteiger partial charge in [0.15, 0.2) is 0 Å². The number of carbonyl (C=O) groups excluding carboxylic acids is 1. The van der Waals surface area contributed by atoms with E-state index in [4.69, 9.17) is 16.3 Å². The highest BCUT2D eigenvalue weighted by atomic mass is 35.5. The average Bonchev–Trinajstić information content (AvgIpc) is 3.10. The molecular formula is C24H26ClF4N3O7S2. The molecule has 2 aromatic rings. The van der Waals surface area contributed by atoms with Gasteiger partial charge in [0.1, 0.15) is 17.7 Å². The fraction of sp³-hybridized carbons (Fsp3) is 0.458. The van der Waals surface area contributed by atoms with Crippen LogP contribution in [-0.4, -0.2) is 82.5 Å². The molecule has 0 radical (unpaired) electrons. The Balaban J connectivity index is 1.69. The van der Waals surface area contributed by atoms with Crippen molar-refractivity contribution in [3.8, 4) is 5.75 Å². The van der Waals surface area contributed by atoms with Crippen LogP contribution in [0.4, 0.5) is 23.2 Å². The number of rotatable bonds is 7. The van der Waals surface area contributed by atoms with Crippen molar-refractivity contribution in [2.45, 2.75) is 43.0 Å². The zero-order chi connectivity index (χ0) is 30.5. The van der Waals surface area contributed by atoms with Gasteiger partial charge in [0.25, 0.3) is 20.2 Å². The molecule has 1 fully saturated rings. The van der Waals surface area contributed by atoms with Crippen molar-refractivity contribution in [3.05, 3.63) is 52.8 Å². The standard InChI is InChI=1S/C24H26ClF4N3O7S2/c1-23(2,24(27,28)29)39-22(33)11-15-4-7-21-20(10-15)32(40(34,35)17-5-6-19(26)18(25)12-17)14-16(38-21)13-31-9-8-30(3)41(31,36)37/h4-7,10,12,16H,8-9,11,13-14H2,1-3H3/t16-/m0/s1. The van der Waals surface area contributed by atoms with Crippen LogP contribution in [0.5, 0.6) is 5.75 Å². The van der Waals surface area contributed by atoms with Crippen LogP contribution in [0.15, 0.2) is 41.3 Å². The number of carbonyl (C=O) groups is 1. The van der Waals surface area contributed by atoms with Crippen molar-refractivity contribution < 1.29 is 48.7 Å². The molecule has 2 aliphatic rings. The van der Waals surface area contributed by atoms with Gasteiger partial charge in [0, 0.05) is 20.1 Å². The topological polar surface area (TPSA) is 114 Å². The lowest BCUT2D eigenvalue weighted by Gasteiger charge is -2.37. The third kappa shape index (κ3) is 6.26. The quantitative estimate of drug-likeness (QED) is 0.336. The lowest BCUT2D eigenvalue weighted by molar-refractivity contribution is -0.257. The highest BCUT2D eigenvalue weighted by Gasteiger charge is 2.50. The highest BCUT2D eigenvalue weighted by molar-refractivity contribution is 7.92. The van der Waals surface area contributed by atoms with Gasteiger partial charge in [-0.15, -0.1) is 0 Å². The van der Waals surface area contributed by atoms with E-state index in [2.05, 4.69) is 4.74 Å². The van der Waals surface area contributed by atoms with Gasteiger partial charge in [-0.25, -0.2) is 12.8 Å². The zero-order valence-corrected chi connectivity index (χ0v) is 24.4. The lowest BCUT2D eigenvalue weighted by Crippen LogP contribution is -2.49. The maximum atomic E-state index is 13.8. The fourth-order valence-electron chi connectivity index (χ4n) is 4.19. The van der Waals surface area contributed by atoms with Crippen LogP contribution in [0.3, 0.4) is 0 Å². The number of alkyl halides is 3. The van der Waals surface area contributed by atoms with Crippen LogP contribution in [0.2, 0.25) is 5.02 Å². The summed E-state index contributed by atoms with van der Waals surface area (Å²) in [4.78, 5) is 12.0. The molecule has 41 heavy (non-hydrogen) atoms. The summed E-state index contributed by atoms with van der Waals surface area (Å²) in [5.74, 6) is -2.04. The molecule has 226 valence electrons. The van der Waals surface area contributed by atoms with E-state index < -0.39 is 61.3 Å². The van der Waals surface area contributed by atoms with Crippen molar-refractivity contribution >= 4 is 43.5 Å². The number of nitrogens with zero attached hydrogens (tertiary/aromatic N) is 3. The molecule has 2 heterocycles. The second-order valence-electron chi connectivity index (χ2n) is 10.0. The Morgan fingerprint density at radius 1 is 1.15 bits per heavy atom. The molecule has 10 nitrogen and oxygen atoms in total. The fourth-order valence-corrected chi connectivity index (χ4v) is 7.34. The lowest BCUT2D eigenvalue weighted by atomic mass is 10.1. The number of hydrogen-bond donors (Lipinski definition) is 0. The summed E-state index contributed by atoms with van der Waals surface area (Å²) >= 11 is 5.82. The molecule has 2 aliphatic heterocycles. The molecule has 0 bridgehead atoms. The van der Waals surface area contributed by atoms with Gasteiger partial charge in [-0.1, -0.05) is 17.7 Å². The molecule has 0 spiro atoms. The van der Waals surface area contributed by atoms with Gasteiger partial charge in [-0.05, 0) is 49.7 Å². The number of esters is 1. The Labute approximate surface area is 239 Å². The molecule has 0 amide bonds. The summed E-state index contributed by atoms with van der Waals surface area (Å²) in [6.07, 6.45) is -6.41. The minimum absolute atomic E-state index is 0.00993. The van der Waals surface area contributed by atoms with Gasteiger partial charge < -0.3 is 9.47 Å². The minimum atomic E-state index is -4.82. The second kappa shape index (κ2) is 10.9. The normalized spacial score (nSPS) is 20.0. The third-order valence-electron chi connectivity index (χ3n) is 6.63. The summed E-state index contributed by atoms with van der Waals surface area (Å²) in [6, 6.07) is 6.70. The van der Waals surface area contributed by atoms with Crippen LogP contribution < -0.4 is 9.04 Å². The predicted molar refractivity (Wildman–Crippen MR) is 140 cm³/mol. The van der Waals surface area contributed by atoms with Crippen molar-refractivity contribution in [1.29, 1.82) is 0 Å². The summed E-state index contributed by atoms with van der Waals surface area (Å²) in [7, 11) is -6.82. The van der Waals surface area contributed by atoms with E-state index in [9.17, 15) is 39.2 Å². The Hall–Kier alpha value is -2.66. The average molecular weight is 644 g/mol. The molecule has 4 rings (SSSR count). The smallest absolute Gasteiger partial charge is 0.427 e. The Bertz CT molecular complexity index is 1570. The molecule has 1 atom stereocenters. The van der Waals surface area contributed by atoms with Gasteiger partial charge >= 0.3 is 12.1 Å². The van der Waals surface area contributed by atoms with Crippen molar-refractivity contribution in [2.75, 3.05) is 37.5 Å². The first-order valence-corrected chi connectivity index (χ1v) is 15.3. The number of sulfonamides is 1. The number of anilines is 1.